The number of ether oxygens (including phenoxy) is 1. The van der Waals surface area contributed by atoms with Crippen molar-refractivity contribution in [3.63, 3.8) is 0 Å². The zero-order valence-corrected chi connectivity index (χ0v) is 15.2. The Bertz CT molecular complexity index is 893. The average Bonchev–Trinajstić information content (AvgIpc) is 3.09. The Morgan fingerprint density at radius 1 is 1.23 bits per heavy atom. The molecule has 2 amide bonds. The molecule has 0 spiro atoms. The van der Waals surface area contributed by atoms with Gasteiger partial charge in [0.1, 0.15) is 18.1 Å². The Balaban J connectivity index is 2.05. The van der Waals surface area contributed by atoms with Crippen LogP contribution >= 0.6 is 0 Å². The monoisotopic (exact) mass is 381 g/mol. The van der Waals surface area contributed by atoms with E-state index < -0.39 is 27.9 Å². The quantitative estimate of drug-likeness (QED) is 0.666. The molecule has 0 aliphatic carbocycles. The normalized spacial score (nSPS) is 12.1. The molecule has 1 atom stereocenters. The highest BCUT2D eigenvalue weighted by Gasteiger charge is 2.18. The average molecular weight is 381 g/mol. The number of amides is 2. The van der Waals surface area contributed by atoms with Crippen LogP contribution in [0.1, 0.15) is 17.3 Å². The highest BCUT2D eigenvalue weighted by Crippen LogP contribution is 2.28. The molecule has 1 heterocycles. The Morgan fingerprint density at radius 3 is 2.54 bits per heavy atom. The van der Waals surface area contributed by atoms with Crippen LogP contribution in [0.15, 0.2) is 41.2 Å². The van der Waals surface area contributed by atoms with Gasteiger partial charge < -0.3 is 19.8 Å². The van der Waals surface area contributed by atoms with Crippen molar-refractivity contribution in [2.45, 2.75) is 13.0 Å². The number of furan rings is 1. The number of rotatable bonds is 7. The van der Waals surface area contributed by atoms with E-state index in [1.165, 1.54) is 50.8 Å². The van der Waals surface area contributed by atoms with Crippen LogP contribution in [0.25, 0.3) is 0 Å². The highest BCUT2D eigenvalue weighted by atomic mass is 32.2. The second-order valence-electron chi connectivity index (χ2n) is 5.49. The van der Waals surface area contributed by atoms with Gasteiger partial charge >= 0.3 is 0 Å². The van der Waals surface area contributed by atoms with Crippen molar-refractivity contribution < 1.29 is 27.2 Å². The number of anilines is 2. The molecule has 0 saturated carbocycles. The lowest BCUT2D eigenvalue weighted by atomic mass is 10.2. The largest absolute Gasteiger partial charge is 0.494 e. The van der Waals surface area contributed by atoms with E-state index in [4.69, 9.17) is 9.15 Å². The molecule has 2 aromatic rings. The molecule has 1 aromatic carbocycles. The third-order valence-corrected chi connectivity index (χ3v) is 3.88. The molecular weight excluding hydrogens is 362 g/mol. The fraction of sp³-hybridized carbons (Fsp3) is 0.250. The van der Waals surface area contributed by atoms with E-state index in [2.05, 4.69) is 15.4 Å². The summed E-state index contributed by atoms with van der Waals surface area (Å²) >= 11 is 0. The second kappa shape index (κ2) is 7.91. The maximum absolute atomic E-state index is 12.2. The first-order chi connectivity index (χ1) is 12.2. The number of carbonyl (C=O) groups excluding carboxylic acids is 2. The maximum Gasteiger partial charge on any atom is 0.255 e. The van der Waals surface area contributed by atoms with Gasteiger partial charge in [-0.3, -0.25) is 14.3 Å². The van der Waals surface area contributed by atoms with Crippen LogP contribution in [-0.2, 0) is 14.8 Å². The smallest absolute Gasteiger partial charge is 0.255 e. The molecule has 0 saturated heterocycles. The van der Waals surface area contributed by atoms with Crippen LogP contribution < -0.4 is 20.1 Å². The van der Waals surface area contributed by atoms with Crippen LogP contribution in [0.2, 0.25) is 0 Å². The van der Waals surface area contributed by atoms with Crippen LogP contribution in [0.5, 0.6) is 5.75 Å². The fourth-order valence-electron chi connectivity index (χ4n) is 2.04. The molecule has 0 radical (unpaired) electrons. The zero-order valence-electron chi connectivity index (χ0n) is 14.4. The van der Waals surface area contributed by atoms with Crippen LogP contribution in [0.4, 0.5) is 11.4 Å². The summed E-state index contributed by atoms with van der Waals surface area (Å²) in [6.07, 6.45) is 3.66. The molecule has 0 aliphatic rings. The van der Waals surface area contributed by atoms with E-state index in [0.29, 0.717) is 11.3 Å². The van der Waals surface area contributed by atoms with Crippen LogP contribution in [0, 0.1) is 0 Å². The van der Waals surface area contributed by atoms with Gasteiger partial charge in [0.2, 0.25) is 15.9 Å². The van der Waals surface area contributed by atoms with Crippen molar-refractivity contribution in [3.8, 4) is 5.75 Å². The predicted molar refractivity (Wildman–Crippen MR) is 95.7 cm³/mol. The molecule has 9 nitrogen and oxygen atoms in total. The van der Waals surface area contributed by atoms with E-state index in [9.17, 15) is 18.0 Å². The van der Waals surface area contributed by atoms with E-state index in [-0.39, 0.29) is 11.4 Å². The van der Waals surface area contributed by atoms with Gasteiger partial charge in [0, 0.05) is 11.8 Å². The fourth-order valence-corrected chi connectivity index (χ4v) is 2.61. The van der Waals surface area contributed by atoms with E-state index >= 15 is 0 Å². The van der Waals surface area contributed by atoms with Crippen molar-refractivity contribution >= 4 is 33.2 Å². The van der Waals surface area contributed by atoms with Crippen LogP contribution in [0.3, 0.4) is 0 Å². The Hall–Kier alpha value is -3.01. The van der Waals surface area contributed by atoms with Gasteiger partial charge in [-0.1, -0.05) is 0 Å². The molecule has 10 heteroatoms. The number of nitrogens with one attached hydrogen (secondary N) is 3. The number of sulfonamides is 1. The van der Waals surface area contributed by atoms with Crippen molar-refractivity contribution in [1.82, 2.24) is 5.32 Å². The number of hydrogen-bond acceptors (Lipinski definition) is 6. The van der Waals surface area contributed by atoms with Gasteiger partial charge in [-0.15, -0.1) is 0 Å². The van der Waals surface area contributed by atoms with E-state index in [0.717, 1.165) is 6.26 Å². The number of carbonyl (C=O) groups is 2. The SMILES string of the molecule is COc1cc(NC(=O)[C@@H](C)NC(=O)c2ccoc2)ccc1NS(C)(=O)=O. The molecule has 0 aliphatic heterocycles. The van der Waals surface area contributed by atoms with Crippen molar-refractivity contribution in [1.29, 1.82) is 0 Å². The summed E-state index contributed by atoms with van der Waals surface area (Å²) in [6, 6.07) is 5.12. The molecule has 3 N–H and O–H groups in total. The summed E-state index contributed by atoms with van der Waals surface area (Å²) in [5, 5.41) is 5.16. The number of methoxy groups -OCH3 is 1. The lowest BCUT2D eigenvalue weighted by Crippen LogP contribution is -2.41. The van der Waals surface area contributed by atoms with Crippen molar-refractivity contribution in [2.24, 2.45) is 0 Å². The first-order valence-electron chi connectivity index (χ1n) is 7.49. The minimum Gasteiger partial charge on any atom is -0.494 e. The van der Waals surface area contributed by atoms with Gasteiger partial charge in [-0.25, -0.2) is 8.42 Å². The summed E-state index contributed by atoms with van der Waals surface area (Å²) in [7, 11) is -2.09. The number of benzene rings is 1. The summed E-state index contributed by atoms with van der Waals surface area (Å²) < 4.78 is 34.9. The van der Waals surface area contributed by atoms with Crippen molar-refractivity contribution in [3.05, 3.63) is 42.4 Å². The topological polar surface area (TPSA) is 127 Å². The van der Waals surface area contributed by atoms with E-state index in [1.807, 2.05) is 0 Å². The molecule has 1 aromatic heterocycles. The molecular formula is C16H19N3O6S. The lowest BCUT2D eigenvalue weighted by molar-refractivity contribution is -0.117. The zero-order chi connectivity index (χ0) is 19.3. The molecule has 26 heavy (non-hydrogen) atoms. The molecule has 0 bridgehead atoms. The summed E-state index contributed by atoms with van der Waals surface area (Å²) in [6.45, 7) is 1.53. The third kappa shape index (κ3) is 5.24. The van der Waals surface area contributed by atoms with Gasteiger partial charge in [-0.05, 0) is 25.1 Å². The predicted octanol–water partition coefficient (Wildman–Crippen LogP) is 1.42. The van der Waals surface area contributed by atoms with Gasteiger partial charge in [0.25, 0.3) is 5.91 Å². The lowest BCUT2D eigenvalue weighted by Gasteiger charge is -2.15. The third-order valence-electron chi connectivity index (χ3n) is 3.29. The Labute approximate surface area is 150 Å². The standard InChI is InChI=1S/C16H19N3O6S/c1-10(17-16(21)11-6-7-25-9-11)15(20)18-12-4-5-13(14(8-12)24-2)19-26(3,22)23/h4-10,19H,1-3H3,(H,17,21)(H,18,20)/t10-/m1/s1. The van der Waals surface area contributed by atoms with Crippen molar-refractivity contribution in [2.75, 3.05) is 23.4 Å². The van der Waals surface area contributed by atoms with Gasteiger partial charge in [0.15, 0.2) is 0 Å². The molecule has 140 valence electrons. The highest BCUT2D eigenvalue weighted by molar-refractivity contribution is 7.92. The van der Waals surface area contributed by atoms with Gasteiger partial charge in [-0.2, -0.15) is 0 Å². The minimum atomic E-state index is -3.47. The number of hydrogen-bond donors (Lipinski definition) is 3. The molecule has 0 fully saturated rings. The first kappa shape index (κ1) is 19.3. The molecule has 2 rings (SSSR count). The van der Waals surface area contributed by atoms with Crippen LogP contribution in [-0.4, -0.2) is 39.6 Å². The van der Waals surface area contributed by atoms with E-state index in [1.54, 1.807) is 0 Å². The summed E-state index contributed by atoms with van der Waals surface area (Å²) in [5.41, 5.74) is 0.937. The Morgan fingerprint density at radius 2 is 1.96 bits per heavy atom. The maximum atomic E-state index is 12.2. The summed E-state index contributed by atoms with van der Waals surface area (Å²) in [4.78, 5) is 24.1. The first-order valence-corrected chi connectivity index (χ1v) is 9.38. The Kier molecular flexibility index (Phi) is 5.88. The van der Waals surface area contributed by atoms with Gasteiger partial charge in [0.05, 0.1) is 30.9 Å². The minimum absolute atomic E-state index is 0.239. The molecule has 0 unspecified atom stereocenters. The summed E-state index contributed by atoms with van der Waals surface area (Å²) in [5.74, 6) is -0.650. The second-order valence-corrected chi connectivity index (χ2v) is 7.23.